The Bertz CT molecular complexity index is 603. The van der Waals surface area contributed by atoms with Crippen molar-refractivity contribution in [3.05, 3.63) is 29.0 Å². The van der Waals surface area contributed by atoms with Crippen LogP contribution in [0.15, 0.2) is 18.2 Å². The number of hydrogen-bond donors (Lipinski definition) is 1. The third kappa shape index (κ3) is 2.15. The van der Waals surface area contributed by atoms with Gasteiger partial charge in [-0.3, -0.25) is 0 Å². The van der Waals surface area contributed by atoms with Crippen molar-refractivity contribution in [2.45, 2.75) is 32.7 Å². The Kier molecular flexibility index (Phi) is 3.27. The zero-order chi connectivity index (χ0) is 13.6. The van der Waals surface area contributed by atoms with E-state index >= 15 is 0 Å². The summed E-state index contributed by atoms with van der Waals surface area (Å²) in [5.41, 5.74) is 2.20. The van der Waals surface area contributed by atoms with Gasteiger partial charge >= 0.3 is 0 Å². The van der Waals surface area contributed by atoms with Crippen LogP contribution < -0.4 is 5.32 Å². The molecule has 0 radical (unpaired) electrons. The maximum Gasteiger partial charge on any atom is 0.114 e. The highest BCUT2D eigenvalue weighted by Gasteiger charge is 2.30. The second-order valence-corrected chi connectivity index (χ2v) is 6.25. The molecule has 1 saturated heterocycles. The summed E-state index contributed by atoms with van der Waals surface area (Å²) < 4.78 is 2.36. The Morgan fingerprint density at radius 3 is 2.79 bits per heavy atom. The summed E-state index contributed by atoms with van der Waals surface area (Å²) in [6.45, 7) is 8.82. The van der Waals surface area contributed by atoms with Crippen LogP contribution in [0.3, 0.4) is 0 Å². The number of hydrogen-bond acceptors (Lipinski definition) is 2. The van der Waals surface area contributed by atoms with Gasteiger partial charge in [-0.15, -0.1) is 0 Å². The zero-order valence-electron chi connectivity index (χ0n) is 11.7. The van der Waals surface area contributed by atoms with Gasteiger partial charge < -0.3 is 9.88 Å². The summed E-state index contributed by atoms with van der Waals surface area (Å²) >= 11 is 6.09. The molecule has 2 aromatic rings. The number of nitrogens with one attached hydrogen (secondary N) is 1. The van der Waals surface area contributed by atoms with E-state index < -0.39 is 0 Å². The second kappa shape index (κ2) is 4.80. The first-order valence-corrected chi connectivity index (χ1v) is 7.34. The van der Waals surface area contributed by atoms with Crippen molar-refractivity contribution in [2.75, 3.05) is 13.1 Å². The van der Waals surface area contributed by atoms with Gasteiger partial charge in [0.05, 0.1) is 11.0 Å². The molecule has 1 fully saturated rings. The molecule has 1 N–H and O–H groups in total. The largest absolute Gasteiger partial charge is 0.325 e. The molecule has 2 heterocycles. The van der Waals surface area contributed by atoms with Crippen molar-refractivity contribution in [1.82, 2.24) is 14.9 Å². The molecule has 1 aliphatic rings. The number of benzene rings is 1. The molecular formula is C15H20ClN3. The molecule has 2 atom stereocenters. The lowest BCUT2D eigenvalue weighted by atomic mass is 9.97. The highest BCUT2D eigenvalue weighted by molar-refractivity contribution is 6.31. The van der Waals surface area contributed by atoms with E-state index in [4.69, 9.17) is 16.6 Å². The fourth-order valence-electron chi connectivity index (χ4n) is 3.05. The highest BCUT2D eigenvalue weighted by atomic mass is 35.5. The Morgan fingerprint density at radius 2 is 2.16 bits per heavy atom. The first-order valence-electron chi connectivity index (χ1n) is 6.96. The van der Waals surface area contributed by atoms with Crippen molar-refractivity contribution < 1.29 is 0 Å². The third-order valence-corrected chi connectivity index (χ3v) is 4.28. The van der Waals surface area contributed by atoms with Gasteiger partial charge in [-0.2, -0.15) is 0 Å². The number of halogens is 1. The van der Waals surface area contributed by atoms with E-state index in [2.05, 4.69) is 36.7 Å². The third-order valence-electron chi connectivity index (χ3n) is 4.04. The molecule has 4 heteroatoms. The van der Waals surface area contributed by atoms with E-state index in [1.165, 1.54) is 11.3 Å². The minimum Gasteiger partial charge on any atom is -0.325 e. The number of fused-ring (bicyclic) bond motifs is 1. The first kappa shape index (κ1) is 12.9. The molecule has 102 valence electrons. The average molecular weight is 278 g/mol. The Balaban J connectivity index is 2.19. The summed E-state index contributed by atoms with van der Waals surface area (Å²) in [4.78, 5) is 4.87. The minimum absolute atomic E-state index is 0.411. The monoisotopic (exact) mass is 277 g/mol. The Morgan fingerprint density at radius 1 is 1.37 bits per heavy atom. The van der Waals surface area contributed by atoms with E-state index in [0.717, 1.165) is 23.6 Å². The molecule has 0 saturated carbocycles. The van der Waals surface area contributed by atoms with E-state index in [1.54, 1.807) is 0 Å². The number of rotatable bonds is 2. The lowest BCUT2D eigenvalue weighted by Crippen LogP contribution is -2.16. The lowest BCUT2D eigenvalue weighted by molar-refractivity contribution is 0.492. The number of imidazole rings is 1. The van der Waals surface area contributed by atoms with Crippen LogP contribution in [0.4, 0.5) is 0 Å². The van der Waals surface area contributed by atoms with Crippen LogP contribution >= 0.6 is 11.6 Å². The molecule has 0 aliphatic carbocycles. The van der Waals surface area contributed by atoms with Crippen molar-refractivity contribution in [3.63, 3.8) is 0 Å². The van der Waals surface area contributed by atoms with Gasteiger partial charge in [0.1, 0.15) is 5.82 Å². The number of nitrogens with zero attached hydrogens (tertiary/aromatic N) is 2. The summed E-state index contributed by atoms with van der Waals surface area (Å²) in [5.74, 6) is 2.32. The topological polar surface area (TPSA) is 29.9 Å². The maximum atomic E-state index is 6.09. The molecule has 3 nitrogen and oxygen atoms in total. The number of aromatic nitrogens is 2. The standard InChI is InChI=1S/C15H20ClN3/c1-9(2)19-14-5-4-11(16)6-13(14)18-15(19)12-8-17-7-10(12)3/h4-6,9-10,12,17H,7-8H2,1-3H3. The van der Waals surface area contributed by atoms with Gasteiger partial charge in [0, 0.05) is 23.5 Å². The van der Waals surface area contributed by atoms with Crippen molar-refractivity contribution in [1.29, 1.82) is 0 Å². The Hall–Kier alpha value is -1.06. The van der Waals surface area contributed by atoms with Gasteiger partial charge in [-0.1, -0.05) is 18.5 Å². The first-order chi connectivity index (χ1) is 9.08. The zero-order valence-corrected chi connectivity index (χ0v) is 12.4. The minimum atomic E-state index is 0.411. The van der Waals surface area contributed by atoms with Crippen molar-refractivity contribution in [2.24, 2.45) is 5.92 Å². The van der Waals surface area contributed by atoms with Gasteiger partial charge in [0.15, 0.2) is 0 Å². The summed E-state index contributed by atoms with van der Waals surface area (Å²) in [6, 6.07) is 6.41. The molecule has 0 spiro atoms. The molecule has 0 amide bonds. The average Bonchev–Trinajstić information content (AvgIpc) is 2.91. The molecule has 2 unspecified atom stereocenters. The SMILES string of the molecule is CC1CNCC1c1nc2cc(Cl)ccc2n1C(C)C. The lowest BCUT2D eigenvalue weighted by Gasteiger charge is -2.19. The van der Waals surface area contributed by atoms with Crippen LogP contribution in [-0.2, 0) is 0 Å². The Labute approximate surface area is 119 Å². The smallest absolute Gasteiger partial charge is 0.114 e. The molecule has 1 aromatic heterocycles. The van der Waals surface area contributed by atoms with E-state index in [0.29, 0.717) is 17.9 Å². The van der Waals surface area contributed by atoms with Crippen LogP contribution in [-0.4, -0.2) is 22.6 Å². The van der Waals surface area contributed by atoms with Crippen LogP contribution in [0.2, 0.25) is 5.02 Å². The van der Waals surface area contributed by atoms with E-state index in [1.807, 2.05) is 12.1 Å². The van der Waals surface area contributed by atoms with Crippen molar-refractivity contribution >= 4 is 22.6 Å². The van der Waals surface area contributed by atoms with Gasteiger partial charge in [0.25, 0.3) is 0 Å². The molecule has 1 aliphatic heterocycles. The van der Waals surface area contributed by atoms with E-state index in [9.17, 15) is 0 Å². The molecule has 1 aromatic carbocycles. The van der Waals surface area contributed by atoms with Gasteiger partial charge in [-0.05, 0) is 44.5 Å². The van der Waals surface area contributed by atoms with Crippen LogP contribution in [0, 0.1) is 5.92 Å². The predicted octanol–water partition coefficient (Wildman–Crippen LogP) is 3.59. The predicted molar refractivity (Wildman–Crippen MR) is 79.9 cm³/mol. The normalized spacial score (nSPS) is 23.6. The van der Waals surface area contributed by atoms with Crippen LogP contribution in [0.5, 0.6) is 0 Å². The van der Waals surface area contributed by atoms with Gasteiger partial charge in [0.2, 0.25) is 0 Å². The summed E-state index contributed by atoms with van der Waals surface area (Å²) in [6.07, 6.45) is 0. The van der Waals surface area contributed by atoms with E-state index in [-0.39, 0.29) is 0 Å². The second-order valence-electron chi connectivity index (χ2n) is 5.81. The van der Waals surface area contributed by atoms with Crippen LogP contribution in [0.25, 0.3) is 11.0 Å². The van der Waals surface area contributed by atoms with Crippen LogP contribution in [0.1, 0.15) is 38.6 Å². The quantitative estimate of drug-likeness (QED) is 0.909. The van der Waals surface area contributed by atoms with Gasteiger partial charge in [-0.25, -0.2) is 4.98 Å². The summed E-state index contributed by atoms with van der Waals surface area (Å²) in [5, 5.41) is 4.22. The molecular weight excluding hydrogens is 258 g/mol. The van der Waals surface area contributed by atoms with Crippen molar-refractivity contribution in [3.8, 4) is 0 Å². The maximum absolute atomic E-state index is 6.09. The molecule has 3 rings (SSSR count). The summed E-state index contributed by atoms with van der Waals surface area (Å²) in [7, 11) is 0. The highest BCUT2D eigenvalue weighted by Crippen LogP contribution is 2.32. The molecule has 0 bridgehead atoms. The fraction of sp³-hybridized carbons (Fsp3) is 0.533. The molecule has 19 heavy (non-hydrogen) atoms. The fourth-order valence-corrected chi connectivity index (χ4v) is 3.22.